The minimum atomic E-state index is -0.690. The molecule has 0 amide bonds. The number of quaternary nitrogens is 1. The van der Waals surface area contributed by atoms with E-state index in [0.29, 0.717) is 0 Å². The van der Waals surface area contributed by atoms with Crippen LogP contribution in [0.4, 0.5) is 0 Å². The van der Waals surface area contributed by atoms with Gasteiger partial charge in [0, 0.05) is 37.4 Å². The Balaban J connectivity index is 1.78. The number of carbonyl (C=O) groups excluding carboxylic acids is 1. The molecule has 4 nitrogen and oxygen atoms in total. The number of rotatable bonds is 4. The third-order valence-corrected chi connectivity index (χ3v) is 6.71. The number of piperidine rings is 1. The Bertz CT molecular complexity index is 577. The SMILES string of the molecule is CC(C(=O)OC1CC[N+](C)(C)CC1)(c1ccccc1)N1CCSCC1. The van der Waals surface area contributed by atoms with Crippen molar-refractivity contribution < 1.29 is 14.0 Å². The van der Waals surface area contributed by atoms with Gasteiger partial charge in [0.25, 0.3) is 0 Å². The number of benzene rings is 1. The van der Waals surface area contributed by atoms with Crippen LogP contribution in [0.5, 0.6) is 0 Å². The van der Waals surface area contributed by atoms with Gasteiger partial charge in [0.15, 0.2) is 0 Å². The van der Waals surface area contributed by atoms with E-state index in [1.807, 2.05) is 36.9 Å². The lowest BCUT2D eigenvalue weighted by atomic mass is 9.89. The van der Waals surface area contributed by atoms with Crippen LogP contribution in [0, 0.1) is 0 Å². The number of hydrogen-bond acceptors (Lipinski definition) is 4. The van der Waals surface area contributed by atoms with Crippen molar-refractivity contribution in [2.75, 3.05) is 51.8 Å². The van der Waals surface area contributed by atoms with Crippen molar-refractivity contribution in [3.05, 3.63) is 35.9 Å². The molecule has 0 spiro atoms. The first-order chi connectivity index (χ1) is 11.9. The summed E-state index contributed by atoms with van der Waals surface area (Å²) in [6, 6.07) is 10.1. The van der Waals surface area contributed by atoms with E-state index in [9.17, 15) is 4.79 Å². The number of hydrogen-bond donors (Lipinski definition) is 0. The van der Waals surface area contributed by atoms with Gasteiger partial charge in [0.1, 0.15) is 11.6 Å². The molecule has 0 bridgehead atoms. The van der Waals surface area contributed by atoms with Gasteiger partial charge in [-0.25, -0.2) is 4.79 Å². The summed E-state index contributed by atoms with van der Waals surface area (Å²) in [5, 5.41) is 0. The van der Waals surface area contributed by atoms with Gasteiger partial charge >= 0.3 is 5.97 Å². The van der Waals surface area contributed by atoms with Crippen LogP contribution < -0.4 is 0 Å². The molecule has 2 aliphatic rings. The lowest BCUT2D eigenvalue weighted by Crippen LogP contribution is -2.55. The topological polar surface area (TPSA) is 29.5 Å². The summed E-state index contributed by atoms with van der Waals surface area (Å²) in [6.07, 6.45) is 1.97. The van der Waals surface area contributed by atoms with Crippen LogP contribution in [0.15, 0.2) is 30.3 Å². The summed E-state index contributed by atoms with van der Waals surface area (Å²) in [4.78, 5) is 15.6. The second-order valence-electron chi connectivity index (χ2n) is 8.03. The van der Waals surface area contributed by atoms with Gasteiger partial charge in [-0.1, -0.05) is 30.3 Å². The molecule has 5 heteroatoms. The third kappa shape index (κ3) is 4.21. The molecular formula is C20H31N2O2S+. The number of esters is 1. The molecule has 1 aromatic rings. The number of ether oxygens (including phenoxy) is 1. The molecule has 1 atom stereocenters. The standard InChI is InChI=1S/C20H31N2O2S/c1-20(17-7-5-4-6-8-17,21-11-15-25-16-12-21)19(23)24-18-9-13-22(2,3)14-10-18/h4-8,18H,9-16H2,1-3H3/q+1. The molecule has 1 aromatic carbocycles. The number of nitrogens with zero attached hydrogens (tertiary/aromatic N) is 2. The summed E-state index contributed by atoms with van der Waals surface area (Å²) in [6.45, 7) is 6.05. The zero-order valence-corrected chi connectivity index (χ0v) is 16.6. The molecule has 2 saturated heterocycles. The van der Waals surface area contributed by atoms with Gasteiger partial charge in [-0.05, 0) is 12.5 Å². The Morgan fingerprint density at radius 2 is 1.76 bits per heavy atom. The van der Waals surface area contributed by atoms with E-state index in [2.05, 4.69) is 31.1 Å². The summed E-state index contributed by atoms with van der Waals surface area (Å²) < 4.78 is 7.08. The van der Waals surface area contributed by atoms with Crippen LogP contribution >= 0.6 is 11.8 Å². The highest BCUT2D eigenvalue weighted by Gasteiger charge is 2.44. The Labute approximate surface area is 156 Å². The maximum atomic E-state index is 13.3. The molecule has 2 heterocycles. The highest BCUT2D eigenvalue weighted by Crippen LogP contribution is 2.33. The van der Waals surface area contributed by atoms with Gasteiger partial charge in [0.2, 0.25) is 0 Å². The summed E-state index contributed by atoms with van der Waals surface area (Å²) >= 11 is 1.96. The highest BCUT2D eigenvalue weighted by atomic mass is 32.2. The Morgan fingerprint density at radius 1 is 1.16 bits per heavy atom. The minimum absolute atomic E-state index is 0.0563. The van der Waals surface area contributed by atoms with Gasteiger partial charge < -0.3 is 9.22 Å². The maximum absolute atomic E-state index is 13.3. The average Bonchev–Trinajstić information content (AvgIpc) is 2.64. The van der Waals surface area contributed by atoms with Crippen molar-refractivity contribution in [1.82, 2.24) is 4.90 Å². The largest absolute Gasteiger partial charge is 0.460 e. The van der Waals surface area contributed by atoms with Crippen LogP contribution in [0.2, 0.25) is 0 Å². The predicted molar refractivity (Wildman–Crippen MR) is 104 cm³/mol. The van der Waals surface area contributed by atoms with Crippen LogP contribution in [-0.2, 0) is 15.1 Å². The van der Waals surface area contributed by atoms with Gasteiger partial charge in [0.05, 0.1) is 27.2 Å². The molecule has 25 heavy (non-hydrogen) atoms. The smallest absolute Gasteiger partial charge is 0.331 e. The van der Waals surface area contributed by atoms with Crippen molar-refractivity contribution in [1.29, 1.82) is 0 Å². The molecule has 2 fully saturated rings. The van der Waals surface area contributed by atoms with Crippen molar-refractivity contribution in [2.24, 2.45) is 0 Å². The predicted octanol–water partition coefficient (Wildman–Crippen LogP) is 2.73. The van der Waals surface area contributed by atoms with E-state index in [4.69, 9.17) is 4.74 Å². The van der Waals surface area contributed by atoms with Crippen molar-refractivity contribution in [3.63, 3.8) is 0 Å². The second-order valence-corrected chi connectivity index (χ2v) is 9.25. The van der Waals surface area contributed by atoms with Crippen LogP contribution in [-0.4, -0.2) is 73.2 Å². The molecule has 0 aliphatic carbocycles. The fraction of sp³-hybridized carbons (Fsp3) is 0.650. The molecule has 0 N–H and O–H groups in total. The van der Waals surface area contributed by atoms with E-state index in [1.165, 1.54) is 0 Å². The molecule has 0 aromatic heterocycles. The van der Waals surface area contributed by atoms with E-state index in [0.717, 1.165) is 60.6 Å². The second kappa shape index (κ2) is 7.68. The summed E-state index contributed by atoms with van der Waals surface area (Å²) in [5.74, 6) is 2.07. The fourth-order valence-electron chi connectivity index (χ4n) is 3.83. The highest BCUT2D eigenvalue weighted by molar-refractivity contribution is 7.99. The van der Waals surface area contributed by atoms with Gasteiger partial charge in [-0.3, -0.25) is 4.90 Å². The zero-order chi connectivity index (χ0) is 17.9. The Kier molecular flexibility index (Phi) is 5.76. The number of carbonyl (C=O) groups is 1. The van der Waals surface area contributed by atoms with Crippen LogP contribution in [0.25, 0.3) is 0 Å². The van der Waals surface area contributed by atoms with Crippen molar-refractivity contribution >= 4 is 17.7 Å². The minimum Gasteiger partial charge on any atom is -0.460 e. The first-order valence-corrected chi connectivity index (χ1v) is 10.5. The van der Waals surface area contributed by atoms with E-state index < -0.39 is 5.54 Å². The quantitative estimate of drug-likeness (QED) is 0.608. The van der Waals surface area contributed by atoms with Gasteiger partial charge in [-0.15, -0.1) is 0 Å². The zero-order valence-electron chi connectivity index (χ0n) is 15.7. The maximum Gasteiger partial charge on any atom is 0.331 e. The van der Waals surface area contributed by atoms with E-state index >= 15 is 0 Å². The molecule has 3 rings (SSSR count). The van der Waals surface area contributed by atoms with E-state index in [-0.39, 0.29) is 12.1 Å². The number of likely N-dealkylation sites (tertiary alicyclic amines) is 1. The third-order valence-electron chi connectivity index (χ3n) is 5.76. The molecule has 138 valence electrons. The molecule has 1 unspecified atom stereocenters. The van der Waals surface area contributed by atoms with Gasteiger partial charge in [-0.2, -0.15) is 11.8 Å². The Morgan fingerprint density at radius 3 is 2.36 bits per heavy atom. The monoisotopic (exact) mass is 363 g/mol. The summed E-state index contributed by atoms with van der Waals surface area (Å²) in [5.41, 5.74) is 0.350. The van der Waals surface area contributed by atoms with Crippen molar-refractivity contribution in [2.45, 2.75) is 31.4 Å². The lowest BCUT2D eigenvalue weighted by Gasteiger charge is -2.43. The normalized spacial score (nSPS) is 24.4. The van der Waals surface area contributed by atoms with Crippen LogP contribution in [0.1, 0.15) is 25.3 Å². The lowest BCUT2D eigenvalue weighted by molar-refractivity contribution is -0.896. The van der Waals surface area contributed by atoms with Crippen molar-refractivity contribution in [3.8, 4) is 0 Å². The fourth-order valence-corrected chi connectivity index (χ4v) is 4.73. The Hall–Kier alpha value is -1.04. The summed E-state index contributed by atoms with van der Waals surface area (Å²) in [7, 11) is 4.50. The van der Waals surface area contributed by atoms with E-state index in [1.54, 1.807) is 0 Å². The first-order valence-electron chi connectivity index (χ1n) is 9.33. The van der Waals surface area contributed by atoms with Crippen LogP contribution in [0.3, 0.4) is 0 Å². The number of thioether (sulfide) groups is 1. The average molecular weight is 364 g/mol. The molecule has 0 radical (unpaired) electrons. The first kappa shape index (κ1) is 18.7. The molecule has 0 saturated carbocycles. The molecule has 2 aliphatic heterocycles. The molecular weight excluding hydrogens is 332 g/mol.